The summed E-state index contributed by atoms with van der Waals surface area (Å²) in [5, 5.41) is 8.01. The molecule has 0 bridgehead atoms. The van der Waals surface area contributed by atoms with Crippen molar-refractivity contribution in [2.24, 2.45) is 0 Å². The van der Waals surface area contributed by atoms with Crippen LogP contribution in [0, 0.1) is 11.3 Å². The van der Waals surface area contributed by atoms with Crippen LogP contribution in [0.3, 0.4) is 0 Å². The van der Waals surface area contributed by atoms with Gasteiger partial charge in [-0.05, 0) is 12.8 Å². The van der Waals surface area contributed by atoms with Crippen LogP contribution >= 0.6 is 11.8 Å². The van der Waals surface area contributed by atoms with Crippen molar-refractivity contribution in [1.29, 1.82) is 5.26 Å². The zero-order valence-electron chi connectivity index (χ0n) is 10.6. The fraction of sp³-hybridized carbons (Fsp3) is 0.909. The topological polar surface area (TPSA) is 61.2 Å². The fourth-order valence-corrected chi connectivity index (χ4v) is 4.63. The van der Waals surface area contributed by atoms with Crippen LogP contribution in [0.25, 0.3) is 0 Å². The summed E-state index contributed by atoms with van der Waals surface area (Å²) < 4.78 is 26.0. The minimum absolute atomic E-state index is 0.124. The van der Waals surface area contributed by atoms with Gasteiger partial charge in [-0.3, -0.25) is 0 Å². The Bertz CT molecular complexity index is 398. The van der Waals surface area contributed by atoms with Crippen molar-refractivity contribution < 1.29 is 8.42 Å². The normalized spacial score (nSPS) is 23.6. The lowest BCUT2D eigenvalue weighted by molar-refractivity contribution is 0.411. The molecule has 1 fully saturated rings. The lowest BCUT2D eigenvalue weighted by Gasteiger charge is -2.23. The molecule has 1 rings (SSSR count). The first kappa shape index (κ1) is 14.8. The van der Waals surface area contributed by atoms with Gasteiger partial charge in [0.2, 0.25) is 10.0 Å². The van der Waals surface area contributed by atoms with Gasteiger partial charge in [0.1, 0.15) is 0 Å². The third-order valence-electron chi connectivity index (χ3n) is 3.03. The van der Waals surface area contributed by atoms with Gasteiger partial charge in [0, 0.05) is 23.6 Å². The third kappa shape index (κ3) is 3.60. The highest BCUT2D eigenvalue weighted by Gasteiger charge is 2.34. The Labute approximate surface area is 108 Å². The van der Waals surface area contributed by atoms with Crippen molar-refractivity contribution in [3.05, 3.63) is 0 Å². The smallest absolute Gasteiger partial charge is 0.211 e. The molecule has 1 atom stereocenters. The van der Waals surface area contributed by atoms with Gasteiger partial charge in [0.05, 0.1) is 6.07 Å². The molecule has 0 aromatic carbocycles. The van der Waals surface area contributed by atoms with E-state index in [1.54, 1.807) is 18.7 Å². The molecule has 1 saturated heterocycles. The molecule has 4 nitrogen and oxygen atoms in total. The Morgan fingerprint density at radius 1 is 1.47 bits per heavy atom. The van der Waals surface area contributed by atoms with Crippen LogP contribution in [0.1, 0.15) is 33.6 Å². The molecule has 1 heterocycles. The summed E-state index contributed by atoms with van der Waals surface area (Å²) in [5.74, 6) is 0.800. The molecule has 0 aromatic rings. The Balaban J connectivity index is 2.84. The summed E-state index contributed by atoms with van der Waals surface area (Å²) in [5.41, 5.74) is 0. The van der Waals surface area contributed by atoms with E-state index < -0.39 is 15.3 Å². The first-order valence-corrected chi connectivity index (χ1v) is 8.35. The quantitative estimate of drug-likeness (QED) is 0.789. The van der Waals surface area contributed by atoms with E-state index >= 15 is 0 Å². The summed E-state index contributed by atoms with van der Waals surface area (Å²) in [7, 11) is -3.44. The molecule has 1 aliphatic heterocycles. The molecular weight excluding hydrogens is 256 g/mol. The van der Waals surface area contributed by atoms with Crippen LogP contribution in [0.5, 0.6) is 0 Å². The van der Waals surface area contributed by atoms with Crippen LogP contribution < -0.4 is 0 Å². The minimum Gasteiger partial charge on any atom is -0.211 e. The Morgan fingerprint density at radius 3 is 2.65 bits per heavy atom. The molecule has 0 aliphatic carbocycles. The largest absolute Gasteiger partial charge is 0.230 e. The second-order valence-electron chi connectivity index (χ2n) is 4.83. The summed E-state index contributed by atoms with van der Waals surface area (Å²) in [6.07, 6.45) is 1.19. The average Bonchev–Trinajstić information content (AvgIpc) is 2.41. The first-order chi connectivity index (χ1) is 7.83. The highest BCUT2D eigenvalue weighted by molar-refractivity contribution is 8.00. The second-order valence-corrected chi connectivity index (χ2v) is 8.75. The van der Waals surface area contributed by atoms with Crippen molar-refractivity contribution in [1.82, 2.24) is 4.31 Å². The van der Waals surface area contributed by atoms with Crippen LogP contribution in [0.2, 0.25) is 0 Å². The number of hydrogen-bond donors (Lipinski definition) is 0. The highest BCUT2D eigenvalue weighted by Crippen LogP contribution is 2.32. The van der Waals surface area contributed by atoms with Gasteiger partial charge < -0.3 is 0 Å². The molecule has 1 aliphatic rings. The van der Waals surface area contributed by atoms with Crippen molar-refractivity contribution in [3.8, 4) is 6.07 Å². The van der Waals surface area contributed by atoms with Crippen LogP contribution in [-0.4, -0.2) is 41.6 Å². The maximum Gasteiger partial charge on any atom is 0.230 e. The van der Waals surface area contributed by atoms with Gasteiger partial charge in [-0.1, -0.05) is 20.8 Å². The predicted octanol–water partition coefficient (Wildman–Crippen LogP) is 1.84. The van der Waals surface area contributed by atoms with E-state index in [-0.39, 0.29) is 4.75 Å². The van der Waals surface area contributed by atoms with Gasteiger partial charge >= 0.3 is 0 Å². The van der Waals surface area contributed by atoms with Crippen molar-refractivity contribution in [3.63, 3.8) is 0 Å². The summed E-state index contributed by atoms with van der Waals surface area (Å²) in [4.78, 5) is 0. The van der Waals surface area contributed by atoms with E-state index in [9.17, 15) is 8.42 Å². The van der Waals surface area contributed by atoms with E-state index in [0.717, 1.165) is 12.2 Å². The zero-order chi connectivity index (χ0) is 13.1. The molecule has 6 heteroatoms. The maximum absolute atomic E-state index is 12.2. The van der Waals surface area contributed by atoms with E-state index in [0.29, 0.717) is 19.5 Å². The van der Waals surface area contributed by atoms with E-state index in [4.69, 9.17) is 5.26 Å². The van der Waals surface area contributed by atoms with Crippen molar-refractivity contribution in [2.45, 2.75) is 43.6 Å². The highest BCUT2D eigenvalue weighted by atomic mass is 32.2. The second kappa shape index (κ2) is 5.59. The number of sulfonamides is 1. The summed E-state index contributed by atoms with van der Waals surface area (Å²) in [6.45, 7) is 7.06. The van der Waals surface area contributed by atoms with Crippen LogP contribution in [0.15, 0.2) is 0 Å². The van der Waals surface area contributed by atoms with E-state index in [1.165, 1.54) is 4.31 Å². The summed E-state index contributed by atoms with van der Waals surface area (Å²) >= 11 is 1.80. The molecule has 0 saturated carbocycles. The third-order valence-corrected chi connectivity index (χ3v) is 6.65. The molecule has 0 radical (unpaired) electrons. The number of nitriles is 1. The van der Waals surface area contributed by atoms with Gasteiger partial charge in [-0.15, -0.1) is 0 Å². The molecule has 1 unspecified atom stereocenters. The number of nitrogens with zero attached hydrogens (tertiary/aromatic N) is 2. The Morgan fingerprint density at radius 2 is 2.12 bits per heavy atom. The SMILES string of the molecule is CCC(C#N)S(=O)(=O)N1CCSC(C)(C)CC1. The Kier molecular flexibility index (Phi) is 4.87. The van der Waals surface area contributed by atoms with Gasteiger partial charge in [0.25, 0.3) is 0 Å². The number of thioether (sulfide) groups is 1. The van der Waals surface area contributed by atoms with Gasteiger partial charge in [-0.25, -0.2) is 8.42 Å². The van der Waals surface area contributed by atoms with Crippen LogP contribution in [-0.2, 0) is 10.0 Å². The zero-order valence-corrected chi connectivity index (χ0v) is 12.3. The molecule has 0 aromatic heterocycles. The predicted molar refractivity (Wildman–Crippen MR) is 71.3 cm³/mol. The fourth-order valence-electron chi connectivity index (χ4n) is 1.80. The molecular formula is C11H20N2O2S2. The molecule has 0 amide bonds. The molecule has 0 spiro atoms. The molecule has 17 heavy (non-hydrogen) atoms. The number of rotatable bonds is 3. The monoisotopic (exact) mass is 276 g/mol. The average molecular weight is 276 g/mol. The number of hydrogen-bond acceptors (Lipinski definition) is 4. The molecule has 98 valence electrons. The summed E-state index contributed by atoms with van der Waals surface area (Å²) in [6, 6.07) is 1.89. The van der Waals surface area contributed by atoms with Crippen molar-refractivity contribution in [2.75, 3.05) is 18.8 Å². The van der Waals surface area contributed by atoms with Crippen LogP contribution in [0.4, 0.5) is 0 Å². The Hall–Kier alpha value is -0.250. The van der Waals surface area contributed by atoms with Gasteiger partial charge in [-0.2, -0.15) is 21.3 Å². The maximum atomic E-state index is 12.2. The standard InChI is InChI=1S/C11H20N2O2S2/c1-4-10(9-12)17(14,15)13-6-5-11(2,3)16-8-7-13/h10H,4-8H2,1-3H3. The minimum atomic E-state index is -3.44. The first-order valence-electron chi connectivity index (χ1n) is 5.86. The molecule has 0 N–H and O–H groups in total. The van der Waals surface area contributed by atoms with Gasteiger partial charge in [0.15, 0.2) is 5.25 Å². The van der Waals surface area contributed by atoms with E-state index in [2.05, 4.69) is 13.8 Å². The van der Waals surface area contributed by atoms with Crippen molar-refractivity contribution >= 4 is 21.8 Å². The lowest BCUT2D eigenvalue weighted by Crippen LogP contribution is -2.39. The lowest BCUT2D eigenvalue weighted by atomic mass is 10.1. The van der Waals surface area contributed by atoms with E-state index in [1.807, 2.05) is 6.07 Å².